The Bertz CT molecular complexity index is 1970. The van der Waals surface area contributed by atoms with Crippen molar-refractivity contribution >= 4 is 69.6 Å². The molecule has 12 aliphatic carbocycles. The van der Waals surface area contributed by atoms with Gasteiger partial charge in [-0.25, -0.2) is 0 Å². The first-order chi connectivity index (χ1) is 26.2. The molecule has 0 atom stereocenters. The summed E-state index contributed by atoms with van der Waals surface area (Å²) in [5, 5.41) is 4.89. The van der Waals surface area contributed by atoms with Crippen molar-refractivity contribution in [3.05, 3.63) is 206 Å². The molecule has 0 aromatic heterocycles. The Kier molecular flexibility index (Phi) is 13.3. The average molecular weight is 832 g/mol. The molecule has 0 heterocycles. The Labute approximate surface area is 350 Å². The van der Waals surface area contributed by atoms with Gasteiger partial charge >= 0.3 is 0 Å². The average Bonchev–Trinajstić information content (AvgIpc) is 3.15. The quantitative estimate of drug-likeness (QED) is 0.143. The summed E-state index contributed by atoms with van der Waals surface area (Å²) in [6.45, 7) is 0. The Morgan fingerprint density at radius 1 is 0.204 bits per heavy atom. The van der Waals surface area contributed by atoms with Gasteiger partial charge in [-0.2, -0.15) is 0 Å². The van der Waals surface area contributed by atoms with Crippen molar-refractivity contribution in [1.29, 1.82) is 0 Å². The summed E-state index contributed by atoms with van der Waals surface area (Å²) in [6.07, 6.45) is 11.7. The lowest BCUT2D eigenvalue weighted by molar-refractivity contribution is 0.921. The highest BCUT2D eigenvalue weighted by Gasteiger charge is 2.14. The van der Waals surface area contributed by atoms with Crippen LogP contribution in [0.3, 0.4) is 0 Å². The van der Waals surface area contributed by atoms with Crippen LogP contribution in [0.25, 0.3) is 0 Å². The summed E-state index contributed by atoms with van der Waals surface area (Å²) in [4.78, 5) is 0. The molecule has 0 saturated carbocycles. The smallest absolute Gasteiger partial charge is 0.0441 e. The summed E-state index contributed by atoms with van der Waals surface area (Å²) < 4.78 is 0. The highest BCUT2D eigenvalue weighted by molar-refractivity contribution is 6.35. The third kappa shape index (κ3) is 10.3. The molecule has 0 N–H and O–H groups in total. The van der Waals surface area contributed by atoms with Crippen LogP contribution in [0, 0.1) is 0 Å². The molecule has 0 amide bonds. The number of aryl methyl sites for hydroxylation is 12. The molecule has 6 heteroatoms. The fourth-order valence-electron chi connectivity index (χ4n) is 7.34. The van der Waals surface area contributed by atoms with Gasteiger partial charge in [0.15, 0.2) is 0 Å². The van der Waals surface area contributed by atoms with Gasteiger partial charge in [0.05, 0.1) is 0 Å². The van der Waals surface area contributed by atoms with Crippen molar-refractivity contribution < 1.29 is 0 Å². The van der Waals surface area contributed by atoms with E-state index >= 15 is 0 Å². The van der Waals surface area contributed by atoms with Gasteiger partial charge in [0, 0.05) is 30.1 Å². The number of hydrogen-bond donors (Lipinski definition) is 0. The van der Waals surface area contributed by atoms with Crippen molar-refractivity contribution in [2.45, 2.75) is 77.0 Å². The molecule has 0 spiro atoms. The maximum Gasteiger partial charge on any atom is 0.0441 e. The van der Waals surface area contributed by atoms with Crippen LogP contribution in [0.15, 0.2) is 109 Å². The molecule has 18 rings (SSSR count). The summed E-state index contributed by atoms with van der Waals surface area (Å²) in [6, 6.07) is 39.0. The van der Waals surface area contributed by atoms with E-state index in [4.69, 9.17) is 69.6 Å². The SMILES string of the molecule is Clc1cc2c(Cl)cc1CCc1cc(Cl)c(cc1Cl)CC2.Clc1cc2ccc1CCc1ccc(cc1Cl)CC2.c1cc2ccc1CCc1ccc(cc1)CC2. The molecule has 0 unspecified atom stereocenters. The predicted molar refractivity (Wildman–Crippen MR) is 233 cm³/mol. The second-order valence-corrected chi connectivity index (χ2v) is 17.0. The van der Waals surface area contributed by atoms with Crippen LogP contribution in [0.5, 0.6) is 0 Å². The van der Waals surface area contributed by atoms with E-state index in [0.717, 1.165) is 129 Å². The summed E-state index contributed by atoms with van der Waals surface area (Å²) in [5.41, 5.74) is 15.0. The molecule has 12 aliphatic rings. The largest absolute Gasteiger partial charge is 0.0840 e. The molecule has 54 heavy (non-hydrogen) atoms. The minimum absolute atomic E-state index is 0.779. The normalized spacial score (nSPS) is 14.3. The van der Waals surface area contributed by atoms with Crippen molar-refractivity contribution in [3.8, 4) is 0 Å². The van der Waals surface area contributed by atoms with Crippen LogP contribution in [-0.4, -0.2) is 0 Å². The molecule has 0 radical (unpaired) electrons. The van der Waals surface area contributed by atoms with Gasteiger partial charge in [-0.05, 0) is 180 Å². The van der Waals surface area contributed by atoms with E-state index in [0.29, 0.717) is 0 Å². The van der Waals surface area contributed by atoms with Gasteiger partial charge < -0.3 is 0 Å². The van der Waals surface area contributed by atoms with Gasteiger partial charge in [-0.15, -0.1) is 0 Å². The molecule has 12 bridgehead atoms. The Morgan fingerprint density at radius 3 is 0.667 bits per heavy atom. The van der Waals surface area contributed by atoms with Crippen LogP contribution >= 0.6 is 69.6 Å². The minimum Gasteiger partial charge on any atom is -0.0840 e. The second-order valence-electron chi connectivity index (χ2n) is 14.6. The molecule has 0 nitrogen and oxygen atoms in total. The van der Waals surface area contributed by atoms with Crippen LogP contribution in [0.4, 0.5) is 0 Å². The van der Waals surface area contributed by atoms with E-state index < -0.39 is 0 Å². The molecule has 0 fully saturated rings. The van der Waals surface area contributed by atoms with Crippen LogP contribution in [-0.2, 0) is 77.0 Å². The first-order valence-electron chi connectivity index (χ1n) is 18.8. The van der Waals surface area contributed by atoms with Crippen LogP contribution in [0.1, 0.15) is 66.8 Å². The standard InChI is InChI=1S/C16H12Cl4.C16H14Cl2.C16H16/c17-13-7-11-3-4-12-8-15(19)10(6-16(12)20)2-1-9(13)5-14(11)18;17-15-9-11-1-2-12-4-6-14(16(18)10-12)8-7-13(15)5-3-11;1-2-14-4-3-13(1)9-10-15-5-7-16(8-6-15)12-11-14/h5-8H,1-4H2;3-6,9-10H,1-2,7-8H2;1-8H,9-12H2. The third-order valence-corrected chi connectivity index (χ3v) is 12.9. The van der Waals surface area contributed by atoms with Gasteiger partial charge in [0.1, 0.15) is 0 Å². The minimum atomic E-state index is 0.779. The number of halogens is 6. The maximum absolute atomic E-state index is 6.34. The lowest BCUT2D eigenvalue weighted by Crippen LogP contribution is -2.01. The molecule has 0 saturated heterocycles. The van der Waals surface area contributed by atoms with Crippen LogP contribution in [0.2, 0.25) is 30.1 Å². The summed E-state index contributed by atoms with van der Waals surface area (Å²) in [5.74, 6) is 0. The van der Waals surface area contributed by atoms with E-state index in [9.17, 15) is 0 Å². The van der Waals surface area contributed by atoms with Crippen molar-refractivity contribution in [2.24, 2.45) is 0 Å². The molecule has 6 aromatic carbocycles. The number of hydrogen-bond acceptors (Lipinski definition) is 0. The fraction of sp³-hybridized carbons (Fsp3) is 0.250. The zero-order valence-corrected chi connectivity index (χ0v) is 34.7. The Hall–Kier alpha value is -2.94. The molecular weight excluding hydrogens is 789 g/mol. The van der Waals surface area contributed by atoms with Gasteiger partial charge in [0.25, 0.3) is 0 Å². The topological polar surface area (TPSA) is 0 Å². The molecule has 0 aliphatic heterocycles. The first-order valence-corrected chi connectivity index (χ1v) is 21.1. The zero-order valence-electron chi connectivity index (χ0n) is 30.1. The summed E-state index contributed by atoms with van der Waals surface area (Å²) in [7, 11) is 0. The Morgan fingerprint density at radius 2 is 0.407 bits per heavy atom. The van der Waals surface area contributed by atoms with E-state index in [1.54, 1.807) is 0 Å². The van der Waals surface area contributed by atoms with Gasteiger partial charge in [0.2, 0.25) is 0 Å². The lowest BCUT2D eigenvalue weighted by Gasteiger charge is -2.15. The highest BCUT2D eigenvalue weighted by atomic mass is 35.5. The van der Waals surface area contributed by atoms with E-state index in [-0.39, 0.29) is 0 Å². The van der Waals surface area contributed by atoms with E-state index in [1.165, 1.54) is 44.5 Å². The summed E-state index contributed by atoms with van der Waals surface area (Å²) >= 11 is 38.0. The zero-order chi connectivity index (χ0) is 37.6. The second kappa shape index (κ2) is 18.3. The van der Waals surface area contributed by atoms with Gasteiger partial charge in [-0.1, -0.05) is 142 Å². The van der Waals surface area contributed by atoms with Crippen molar-refractivity contribution in [2.75, 3.05) is 0 Å². The predicted octanol–water partition coefficient (Wildman–Crippen LogP) is 14.6. The van der Waals surface area contributed by atoms with E-state index in [2.05, 4.69) is 84.9 Å². The third-order valence-electron chi connectivity index (χ3n) is 10.8. The maximum atomic E-state index is 6.34. The van der Waals surface area contributed by atoms with E-state index in [1.807, 2.05) is 24.3 Å². The molecule has 6 aromatic rings. The monoisotopic (exact) mass is 828 g/mol. The number of benzene rings is 6. The van der Waals surface area contributed by atoms with Gasteiger partial charge in [-0.3, -0.25) is 0 Å². The first kappa shape index (κ1) is 39.3. The lowest BCUT2D eigenvalue weighted by atomic mass is 9.96. The van der Waals surface area contributed by atoms with Crippen molar-refractivity contribution in [1.82, 2.24) is 0 Å². The van der Waals surface area contributed by atoms with Crippen molar-refractivity contribution in [3.63, 3.8) is 0 Å². The van der Waals surface area contributed by atoms with Crippen LogP contribution < -0.4 is 0 Å². The Balaban J connectivity index is 0.000000126. The molecular formula is C48H42Cl6. The molecule has 276 valence electrons. The fourth-order valence-corrected chi connectivity index (χ4v) is 9.06. The number of rotatable bonds is 0. The highest BCUT2D eigenvalue weighted by Crippen LogP contribution is 2.33.